The molecule has 0 radical (unpaired) electrons. The molecule has 0 saturated carbocycles. The molecule has 1 aliphatic rings. The smallest absolute Gasteiger partial charge is 0.309 e. The van der Waals surface area contributed by atoms with Gasteiger partial charge in [0.1, 0.15) is 6.23 Å². The molecule has 2 N–H and O–H groups in total. The van der Waals surface area contributed by atoms with Crippen LogP contribution in [-0.4, -0.2) is 57.0 Å². The molecule has 1 aromatic rings. The Morgan fingerprint density at radius 3 is 2.64 bits per heavy atom. The molecule has 1 fully saturated rings. The Labute approximate surface area is 166 Å². The SMILES string of the molecule is CCCCNC(=O)C(=O)NC[C@@H]1OCCCN1S(=O)(=O)c1cc(C)ccc1C. The van der Waals surface area contributed by atoms with Gasteiger partial charge in [-0.05, 0) is 43.9 Å². The molecule has 2 amide bonds. The molecule has 0 unspecified atom stereocenters. The first-order valence-electron chi connectivity index (χ1n) is 9.54. The molecule has 28 heavy (non-hydrogen) atoms. The minimum atomic E-state index is -3.79. The van der Waals surface area contributed by atoms with Crippen LogP contribution in [0, 0.1) is 13.8 Å². The number of carbonyl (C=O) groups excluding carboxylic acids is 2. The van der Waals surface area contributed by atoms with Crippen molar-refractivity contribution >= 4 is 21.8 Å². The van der Waals surface area contributed by atoms with E-state index in [0.717, 1.165) is 18.4 Å². The fraction of sp³-hybridized carbons (Fsp3) is 0.579. The first kappa shape index (κ1) is 22.3. The Morgan fingerprint density at radius 1 is 1.21 bits per heavy atom. The summed E-state index contributed by atoms with van der Waals surface area (Å²) < 4.78 is 33.2. The van der Waals surface area contributed by atoms with Crippen molar-refractivity contribution in [3.63, 3.8) is 0 Å². The lowest BCUT2D eigenvalue weighted by atomic mass is 10.2. The average molecular weight is 412 g/mol. The van der Waals surface area contributed by atoms with Crippen LogP contribution < -0.4 is 10.6 Å². The topological polar surface area (TPSA) is 105 Å². The van der Waals surface area contributed by atoms with Crippen LogP contribution in [-0.2, 0) is 24.3 Å². The van der Waals surface area contributed by atoms with Crippen molar-refractivity contribution in [2.24, 2.45) is 0 Å². The highest BCUT2D eigenvalue weighted by molar-refractivity contribution is 7.89. The quantitative estimate of drug-likeness (QED) is 0.516. The van der Waals surface area contributed by atoms with Crippen molar-refractivity contribution in [2.75, 3.05) is 26.2 Å². The lowest BCUT2D eigenvalue weighted by molar-refractivity contribution is -0.140. The molecule has 2 rings (SSSR count). The van der Waals surface area contributed by atoms with Gasteiger partial charge in [0.25, 0.3) is 0 Å². The normalized spacial score (nSPS) is 17.9. The molecule has 8 nitrogen and oxygen atoms in total. The van der Waals surface area contributed by atoms with Crippen LogP contribution in [0.4, 0.5) is 0 Å². The van der Waals surface area contributed by atoms with E-state index < -0.39 is 28.1 Å². The number of sulfonamides is 1. The number of hydrogen-bond donors (Lipinski definition) is 2. The lowest BCUT2D eigenvalue weighted by Gasteiger charge is -2.35. The highest BCUT2D eigenvalue weighted by Crippen LogP contribution is 2.25. The summed E-state index contributed by atoms with van der Waals surface area (Å²) in [6, 6.07) is 5.26. The van der Waals surface area contributed by atoms with E-state index in [2.05, 4.69) is 10.6 Å². The predicted octanol–water partition coefficient (Wildman–Crippen LogP) is 1.07. The molecule has 1 heterocycles. The highest BCUT2D eigenvalue weighted by atomic mass is 32.2. The fourth-order valence-corrected chi connectivity index (χ4v) is 4.81. The molecule has 1 atom stereocenters. The van der Waals surface area contributed by atoms with Gasteiger partial charge < -0.3 is 15.4 Å². The van der Waals surface area contributed by atoms with Crippen LogP contribution in [0.15, 0.2) is 23.1 Å². The Hall–Kier alpha value is -1.97. The second kappa shape index (κ2) is 9.99. The number of aryl methyl sites for hydroxylation is 2. The Balaban J connectivity index is 2.08. The zero-order chi connectivity index (χ0) is 20.7. The molecule has 9 heteroatoms. The Bertz CT molecular complexity index is 810. The minimum Gasteiger partial charge on any atom is -0.360 e. The summed E-state index contributed by atoms with van der Waals surface area (Å²) in [4.78, 5) is 24.0. The van der Waals surface area contributed by atoms with Gasteiger partial charge in [0.2, 0.25) is 10.0 Å². The van der Waals surface area contributed by atoms with Gasteiger partial charge in [-0.3, -0.25) is 9.59 Å². The number of nitrogens with one attached hydrogen (secondary N) is 2. The first-order valence-corrected chi connectivity index (χ1v) is 11.0. The molecular weight excluding hydrogens is 382 g/mol. The summed E-state index contributed by atoms with van der Waals surface area (Å²) in [5, 5.41) is 5.00. The largest absolute Gasteiger partial charge is 0.360 e. The van der Waals surface area contributed by atoms with Gasteiger partial charge in [-0.15, -0.1) is 0 Å². The number of rotatable bonds is 7. The van der Waals surface area contributed by atoms with E-state index in [1.807, 2.05) is 19.9 Å². The highest BCUT2D eigenvalue weighted by Gasteiger charge is 2.35. The summed E-state index contributed by atoms with van der Waals surface area (Å²) in [6.07, 6.45) is 1.40. The van der Waals surface area contributed by atoms with Crippen LogP contribution in [0.25, 0.3) is 0 Å². The third kappa shape index (κ3) is 5.52. The third-order valence-corrected chi connectivity index (χ3v) is 6.57. The molecule has 1 aliphatic heterocycles. The summed E-state index contributed by atoms with van der Waals surface area (Å²) in [6.45, 7) is 6.58. The lowest BCUT2D eigenvalue weighted by Crippen LogP contribution is -2.53. The van der Waals surface area contributed by atoms with E-state index in [9.17, 15) is 18.0 Å². The van der Waals surface area contributed by atoms with Crippen LogP contribution >= 0.6 is 0 Å². The van der Waals surface area contributed by atoms with Crippen molar-refractivity contribution < 1.29 is 22.7 Å². The summed E-state index contributed by atoms with van der Waals surface area (Å²) in [5.41, 5.74) is 1.49. The molecule has 1 aromatic carbocycles. The van der Waals surface area contributed by atoms with E-state index in [-0.39, 0.29) is 11.4 Å². The first-order chi connectivity index (χ1) is 13.3. The van der Waals surface area contributed by atoms with Crippen molar-refractivity contribution in [1.29, 1.82) is 0 Å². The van der Waals surface area contributed by atoms with Crippen molar-refractivity contribution in [2.45, 2.75) is 51.2 Å². The maximum Gasteiger partial charge on any atom is 0.309 e. The van der Waals surface area contributed by atoms with Gasteiger partial charge in [0, 0.05) is 13.1 Å². The van der Waals surface area contributed by atoms with Gasteiger partial charge in [-0.1, -0.05) is 25.5 Å². The average Bonchev–Trinajstić information content (AvgIpc) is 2.68. The molecule has 156 valence electrons. The standard InChI is InChI=1S/C19H29N3O5S/c1-4-5-9-20-18(23)19(24)21-13-17-22(10-6-11-27-17)28(25,26)16-12-14(2)7-8-15(16)3/h7-8,12,17H,4-6,9-11,13H2,1-3H3,(H,20,23)(H,21,24)/t17-/m0/s1. The summed E-state index contributed by atoms with van der Waals surface area (Å²) in [5.74, 6) is -1.53. The van der Waals surface area contributed by atoms with Gasteiger partial charge in [-0.25, -0.2) is 8.42 Å². The molecule has 0 spiro atoms. The van der Waals surface area contributed by atoms with Crippen molar-refractivity contribution in [3.05, 3.63) is 29.3 Å². The van der Waals surface area contributed by atoms with Gasteiger partial charge >= 0.3 is 11.8 Å². The number of ether oxygens (including phenoxy) is 1. The number of unbranched alkanes of at least 4 members (excludes halogenated alkanes) is 1. The summed E-state index contributed by atoms with van der Waals surface area (Å²) in [7, 11) is -3.79. The number of carbonyl (C=O) groups is 2. The van der Waals surface area contributed by atoms with Gasteiger partial charge in [0.05, 0.1) is 18.0 Å². The van der Waals surface area contributed by atoms with E-state index >= 15 is 0 Å². The molecule has 0 aromatic heterocycles. The van der Waals surface area contributed by atoms with E-state index in [1.54, 1.807) is 19.1 Å². The van der Waals surface area contributed by atoms with Crippen LogP contribution in [0.5, 0.6) is 0 Å². The van der Waals surface area contributed by atoms with Crippen LogP contribution in [0.3, 0.4) is 0 Å². The maximum absolute atomic E-state index is 13.2. The van der Waals surface area contributed by atoms with E-state index in [4.69, 9.17) is 4.74 Å². The Kier molecular flexibility index (Phi) is 7.97. The predicted molar refractivity (Wildman–Crippen MR) is 105 cm³/mol. The van der Waals surface area contributed by atoms with Gasteiger partial charge in [-0.2, -0.15) is 4.31 Å². The van der Waals surface area contributed by atoms with Gasteiger partial charge in [0.15, 0.2) is 0 Å². The molecule has 0 bridgehead atoms. The molecule has 0 aliphatic carbocycles. The van der Waals surface area contributed by atoms with Crippen LogP contribution in [0.2, 0.25) is 0 Å². The van der Waals surface area contributed by atoms with E-state index in [0.29, 0.717) is 31.7 Å². The van der Waals surface area contributed by atoms with E-state index in [1.165, 1.54) is 4.31 Å². The number of benzene rings is 1. The number of hydrogen-bond acceptors (Lipinski definition) is 5. The minimum absolute atomic E-state index is 0.0931. The number of amides is 2. The zero-order valence-corrected chi connectivity index (χ0v) is 17.5. The van der Waals surface area contributed by atoms with Crippen LogP contribution in [0.1, 0.15) is 37.3 Å². The van der Waals surface area contributed by atoms with Crippen molar-refractivity contribution in [1.82, 2.24) is 14.9 Å². The zero-order valence-electron chi connectivity index (χ0n) is 16.7. The molecule has 1 saturated heterocycles. The molecular formula is C19H29N3O5S. The fourth-order valence-electron chi connectivity index (χ4n) is 2.93. The number of nitrogens with zero attached hydrogens (tertiary/aromatic N) is 1. The Morgan fingerprint density at radius 2 is 1.93 bits per heavy atom. The third-order valence-electron chi connectivity index (χ3n) is 4.54. The maximum atomic E-state index is 13.2. The second-order valence-electron chi connectivity index (χ2n) is 6.88. The monoisotopic (exact) mass is 411 g/mol. The second-order valence-corrected chi connectivity index (χ2v) is 8.74. The van der Waals surface area contributed by atoms with Crippen molar-refractivity contribution in [3.8, 4) is 0 Å². The summed E-state index contributed by atoms with van der Waals surface area (Å²) >= 11 is 0.